The van der Waals surface area contributed by atoms with Gasteiger partial charge in [0.15, 0.2) is 0 Å². The average Bonchev–Trinajstić information content (AvgIpc) is 2.58. The van der Waals surface area contributed by atoms with Gasteiger partial charge < -0.3 is 5.73 Å². The van der Waals surface area contributed by atoms with E-state index in [2.05, 4.69) is 36.9 Å². The smallest absolute Gasteiger partial charge is 0.0354 e. The van der Waals surface area contributed by atoms with Crippen LogP contribution in [0.25, 0.3) is 0 Å². The molecule has 17 heavy (non-hydrogen) atoms. The fourth-order valence-electron chi connectivity index (χ4n) is 3.22. The maximum absolute atomic E-state index is 5.85. The van der Waals surface area contributed by atoms with Gasteiger partial charge in [0.25, 0.3) is 0 Å². The van der Waals surface area contributed by atoms with Crippen molar-refractivity contribution in [2.24, 2.45) is 11.8 Å². The van der Waals surface area contributed by atoms with Crippen LogP contribution in [0.2, 0.25) is 0 Å². The van der Waals surface area contributed by atoms with Gasteiger partial charge in [-0.1, -0.05) is 19.9 Å². The molecule has 0 amide bonds. The molecule has 3 rings (SSSR count). The molecule has 2 aliphatic rings. The van der Waals surface area contributed by atoms with Crippen LogP contribution in [0.15, 0.2) is 18.2 Å². The van der Waals surface area contributed by atoms with Gasteiger partial charge in [0.2, 0.25) is 0 Å². The molecule has 2 heteroatoms. The molecule has 0 radical (unpaired) electrons. The number of anilines is 1. The highest BCUT2D eigenvalue weighted by Gasteiger charge is 2.37. The summed E-state index contributed by atoms with van der Waals surface area (Å²) in [5.74, 6) is 1.74. The van der Waals surface area contributed by atoms with Crippen molar-refractivity contribution in [1.29, 1.82) is 0 Å². The van der Waals surface area contributed by atoms with Crippen LogP contribution in [0.1, 0.15) is 37.4 Å². The van der Waals surface area contributed by atoms with Gasteiger partial charge >= 0.3 is 0 Å². The van der Waals surface area contributed by atoms with Crippen LogP contribution in [0.3, 0.4) is 0 Å². The molecule has 1 saturated heterocycles. The third-order valence-electron chi connectivity index (χ3n) is 4.53. The van der Waals surface area contributed by atoms with E-state index in [0.29, 0.717) is 6.04 Å². The lowest BCUT2D eigenvalue weighted by Gasteiger charge is -2.45. The molecule has 0 bridgehead atoms. The third-order valence-corrected chi connectivity index (χ3v) is 4.53. The van der Waals surface area contributed by atoms with E-state index >= 15 is 0 Å². The number of nitrogens with two attached hydrogens (primary N) is 1. The van der Waals surface area contributed by atoms with Crippen molar-refractivity contribution >= 4 is 5.69 Å². The monoisotopic (exact) mass is 230 g/mol. The lowest BCUT2D eigenvalue weighted by Crippen LogP contribution is -2.49. The number of fused-ring (bicyclic) bond motifs is 1. The molecule has 1 atom stereocenters. The predicted octanol–water partition coefficient (Wildman–Crippen LogP) is 2.84. The number of hydrogen-bond acceptors (Lipinski definition) is 2. The average molecular weight is 230 g/mol. The van der Waals surface area contributed by atoms with Gasteiger partial charge in [0, 0.05) is 24.8 Å². The summed E-state index contributed by atoms with van der Waals surface area (Å²) in [6.07, 6.45) is 2.48. The van der Waals surface area contributed by atoms with Crippen LogP contribution in [0, 0.1) is 11.8 Å². The fourth-order valence-corrected chi connectivity index (χ4v) is 3.22. The highest BCUT2D eigenvalue weighted by molar-refractivity contribution is 5.47. The number of aryl methyl sites for hydroxylation is 1. The molecular weight excluding hydrogens is 208 g/mol. The topological polar surface area (TPSA) is 29.3 Å². The van der Waals surface area contributed by atoms with Crippen molar-refractivity contribution in [1.82, 2.24) is 4.90 Å². The second-order valence-electron chi connectivity index (χ2n) is 5.97. The summed E-state index contributed by atoms with van der Waals surface area (Å²) in [5, 5.41) is 0. The summed E-state index contributed by atoms with van der Waals surface area (Å²) >= 11 is 0. The van der Waals surface area contributed by atoms with Crippen LogP contribution >= 0.6 is 0 Å². The first-order chi connectivity index (χ1) is 8.15. The van der Waals surface area contributed by atoms with Gasteiger partial charge in [-0.25, -0.2) is 0 Å². The van der Waals surface area contributed by atoms with Gasteiger partial charge in [0.1, 0.15) is 0 Å². The second-order valence-corrected chi connectivity index (χ2v) is 5.97. The standard InChI is InChI=1S/C15H22N2/c1-10(2)12-8-17(9-12)15-6-3-11-7-13(16)4-5-14(11)15/h4-5,7,10,12,15H,3,6,8-9,16H2,1-2H3. The van der Waals surface area contributed by atoms with Crippen molar-refractivity contribution in [3.05, 3.63) is 29.3 Å². The Morgan fingerprint density at radius 2 is 2.06 bits per heavy atom. The number of likely N-dealkylation sites (tertiary alicyclic amines) is 1. The predicted molar refractivity (Wildman–Crippen MR) is 71.8 cm³/mol. The van der Waals surface area contributed by atoms with Gasteiger partial charge in [0.05, 0.1) is 0 Å². The number of rotatable bonds is 2. The Balaban J connectivity index is 1.73. The molecule has 1 aromatic rings. The molecule has 2 nitrogen and oxygen atoms in total. The maximum Gasteiger partial charge on any atom is 0.0354 e. The molecule has 0 aromatic heterocycles. The first-order valence-electron chi connectivity index (χ1n) is 6.77. The Kier molecular flexibility index (Phi) is 2.62. The van der Waals surface area contributed by atoms with E-state index in [1.807, 2.05) is 0 Å². The lowest BCUT2D eigenvalue weighted by atomic mass is 9.86. The van der Waals surface area contributed by atoms with Gasteiger partial charge in [-0.2, -0.15) is 0 Å². The highest BCUT2D eigenvalue weighted by Crippen LogP contribution is 2.41. The van der Waals surface area contributed by atoms with Crippen LogP contribution < -0.4 is 5.73 Å². The van der Waals surface area contributed by atoms with Crippen molar-refractivity contribution in [3.8, 4) is 0 Å². The van der Waals surface area contributed by atoms with Crippen LogP contribution in [0.4, 0.5) is 5.69 Å². The lowest BCUT2D eigenvalue weighted by molar-refractivity contribution is 0.0274. The molecule has 1 aromatic carbocycles. The quantitative estimate of drug-likeness (QED) is 0.792. The Morgan fingerprint density at radius 3 is 2.76 bits per heavy atom. The van der Waals surface area contributed by atoms with E-state index in [4.69, 9.17) is 5.73 Å². The first kappa shape index (κ1) is 11.1. The van der Waals surface area contributed by atoms with Crippen molar-refractivity contribution in [2.75, 3.05) is 18.8 Å². The van der Waals surface area contributed by atoms with Gasteiger partial charge in [-0.3, -0.25) is 4.90 Å². The van der Waals surface area contributed by atoms with E-state index < -0.39 is 0 Å². The molecule has 1 aliphatic heterocycles. The van der Waals surface area contributed by atoms with Gasteiger partial charge in [-0.05, 0) is 47.9 Å². The molecule has 1 unspecified atom stereocenters. The Hall–Kier alpha value is -1.02. The van der Waals surface area contributed by atoms with Crippen molar-refractivity contribution in [2.45, 2.75) is 32.7 Å². The Bertz CT molecular complexity index is 419. The SMILES string of the molecule is CC(C)C1CN(C2CCc3cc(N)ccc32)C1. The number of nitrogen functional groups attached to an aromatic ring is 1. The van der Waals surface area contributed by atoms with E-state index in [1.165, 1.54) is 37.1 Å². The number of benzene rings is 1. The van der Waals surface area contributed by atoms with E-state index in [0.717, 1.165) is 17.5 Å². The van der Waals surface area contributed by atoms with Gasteiger partial charge in [-0.15, -0.1) is 0 Å². The number of hydrogen-bond donors (Lipinski definition) is 1. The molecule has 1 heterocycles. The van der Waals surface area contributed by atoms with Crippen LogP contribution in [-0.2, 0) is 6.42 Å². The van der Waals surface area contributed by atoms with Crippen LogP contribution in [0.5, 0.6) is 0 Å². The highest BCUT2D eigenvalue weighted by atomic mass is 15.2. The summed E-state index contributed by atoms with van der Waals surface area (Å²) in [4.78, 5) is 2.65. The van der Waals surface area contributed by atoms with E-state index in [1.54, 1.807) is 0 Å². The van der Waals surface area contributed by atoms with Crippen molar-refractivity contribution < 1.29 is 0 Å². The molecule has 1 aliphatic carbocycles. The summed E-state index contributed by atoms with van der Waals surface area (Å²) in [7, 11) is 0. The summed E-state index contributed by atoms with van der Waals surface area (Å²) in [6, 6.07) is 7.12. The summed E-state index contributed by atoms with van der Waals surface area (Å²) in [6.45, 7) is 7.24. The third kappa shape index (κ3) is 1.85. The zero-order valence-corrected chi connectivity index (χ0v) is 10.8. The number of nitrogens with zero attached hydrogens (tertiary/aromatic N) is 1. The minimum absolute atomic E-state index is 0.667. The van der Waals surface area contributed by atoms with Crippen LogP contribution in [-0.4, -0.2) is 18.0 Å². The second kappa shape index (κ2) is 4.02. The zero-order chi connectivity index (χ0) is 12.0. The minimum Gasteiger partial charge on any atom is -0.399 e. The largest absolute Gasteiger partial charge is 0.399 e. The molecular formula is C15H22N2. The maximum atomic E-state index is 5.85. The first-order valence-corrected chi connectivity index (χ1v) is 6.77. The molecule has 2 N–H and O–H groups in total. The molecule has 92 valence electrons. The van der Waals surface area contributed by atoms with E-state index in [-0.39, 0.29) is 0 Å². The molecule has 0 spiro atoms. The summed E-state index contributed by atoms with van der Waals surface area (Å²) in [5.41, 5.74) is 9.76. The van der Waals surface area contributed by atoms with Crippen molar-refractivity contribution in [3.63, 3.8) is 0 Å². The minimum atomic E-state index is 0.667. The molecule has 1 fully saturated rings. The fraction of sp³-hybridized carbons (Fsp3) is 0.600. The Morgan fingerprint density at radius 1 is 1.29 bits per heavy atom. The Labute approximate surface area is 104 Å². The summed E-state index contributed by atoms with van der Waals surface area (Å²) < 4.78 is 0. The van der Waals surface area contributed by atoms with E-state index in [9.17, 15) is 0 Å². The normalized spacial score (nSPS) is 25.0. The molecule has 0 saturated carbocycles. The zero-order valence-electron chi connectivity index (χ0n) is 10.8.